The number of benzene rings is 1. The Hall–Kier alpha value is -3.30. The summed E-state index contributed by atoms with van der Waals surface area (Å²) in [7, 11) is 0. The van der Waals surface area contributed by atoms with Gasteiger partial charge in [-0.25, -0.2) is 4.98 Å². The van der Waals surface area contributed by atoms with E-state index in [1.807, 2.05) is 6.07 Å². The number of piperazine rings is 1. The number of phenolic OH excluding ortho intramolecular Hbond substituents is 1. The Balaban J connectivity index is 1.50. The number of H-pyrrole nitrogens is 1. The summed E-state index contributed by atoms with van der Waals surface area (Å²) >= 11 is 6.00. The van der Waals surface area contributed by atoms with Crippen LogP contribution >= 0.6 is 11.6 Å². The lowest BCUT2D eigenvalue weighted by Crippen LogP contribution is -2.46. The number of phenols is 1. The minimum absolute atomic E-state index is 0.0594. The standard InChI is InChI=1S/C20H20ClN5O4/c21-13-9-12(2-4-15(13)27)26-7-5-25(6-8-26)10-11-1-3-14-17(23-11)16(19(22)29)18(28)20(30)24-14/h1-4,9,27-28H,5-8,10H2,(H2,22,29)(H,24,30). The number of aromatic nitrogens is 2. The van der Waals surface area contributed by atoms with Gasteiger partial charge in [-0.1, -0.05) is 11.6 Å². The molecule has 0 saturated carbocycles. The summed E-state index contributed by atoms with van der Waals surface area (Å²) in [6, 6.07) is 8.58. The largest absolute Gasteiger partial charge is 0.506 e. The lowest BCUT2D eigenvalue weighted by atomic mass is 10.1. The number of anilines is 1. The Bertz CT molecular complexity index is 1190. The van der Waals surface area contributed by atoms with Gasteiger partial charge in [0.05, 0.1) is 16.2 Å². The Morgan fingerprint density at radius 2 is 1.90 bits per heavy atom. The molecule has 4 rings (SSSR count). The van der Waals surface area contributed by atoms with Crippen LogP contribution in [0.2, 0.25) is 5.02 Å². The van der Waals surface area contributed by atoms with Crippen LogP contribution in [-0.2, 0) is 6.54 Å². The van der Waals surface area contributed by atoms with Gasteiger partial charge in [-0.05, 0) is 30.3 Å². The molecule has 3 aromatic rings. The van der Waals surface area contributed by atoms with E-state index in [4.69, 9.17) is 17.3 Å². The number of halogens is 1. The van der Waals surface area contributed by atoms with Gasteiger partial charge in [0, 0.05) is 38.4 Å². The van der Waals surface area contributed by atoms with Gasteiger partial charge in [-0.2, -0.15) is 0 Å². The smallest absolute Gasteiger partial charge is 0.291 e. The molecule has 1 amide bonds. The maximum atomic E-state index is 11.8. The number of primary amides is 1. The Morgan fingerprint density at radius 1 is 1.17 bits per heavy atom. The number of aromatic amines is 1. The number of hydrogen-bond donors (Lipinski definition) is 4. The molecule has 2 aromatic heterocycles. The van der Waals surface area contributed by atoms with E-state index in [1.165, 1.54) is 0 Å². The lowest BCUT2D eigenvalue weighted by Gasteiger charge is -2.36. The van der Waals surface area contributed by atoms with Crippen molar-refractivity contribution in [1.29, 1.82) is 0 Å². The van der Waals surface area contributed by atoms with Crippen molar-refractivity contribution in [1.82, 2.24) is 14.9 Å². The molecular formula is C20H20ClN5O4. The molecule has 1 aromatic carbocycles. The van der Waals surface area contributed by atoms with E-state index in [0.717, 1.165) is 31.9 Å². The number of rotatable bonds is 4. The van der Waals surface area contributed by atoms with Crippen molar-refractivity contribution >= 4 is 34.2 Å². The van der Waals surface area contributed by atoms with Gasteiger partial charge < -0.3 is 25.8 Å². The van der Waals surface area contributed by atoms with Crippen LogP contribution in [0.15, 0.2) is 35.1 Å². The average molecular weight is 430 g/mol. The Labute approximate surface area is 176 Å². The molecule has 10 heteroatoms. The Kier molecular flexibility index (Phi) is 5.23. The molecule has 1 aliphatic rings. The van der Waals surface area contributed by atoms with Crippen LogP contribution in [0.1, 0.15) is 16.1 Å². The summed E-state index contributed by atoms with van der Waals surface area (Å²) in [5.41, 5.74) is 6.44. The molecule has 9 nitrogen and oxygen atoms in total. The molecule has 1 saturated heterocycles. The zero-order chi connectivity index (χ0) is 21.4. The van der Waals surface area contributed by atoms with Crippen LogP contribution in [0.4, 0.5) is 5.69 Å². The molecule has 0 atom stereocenters. The normalized spacial score (nSPS) is 14.9. The number of carbonyl (C=O) groups is 1. The third kappa shape index (κ3) is 3.77. The molecule has 1 aliphatic heterocycles. The van der Waals surface area contributed by atoms with Gasteiger partial charge >= 0.3 is 0 Å². The summed E-state index contributed by atoms with van der Waals surface area (Å²) < 4.78 is 0. The highest BCUT2D eigenvalue weighted by Crippen LogP contribution is 2.29. The maximum absolute atomic E-state index is 11.8. The molecule has 5 N–H and O–H groups in total. The van der Waals surface area contributed by atoms with E-state index in [-0.39, 0.29) is 16.8 Å². The topological polar surface area (TPSA) is 136 Å². The Morgan fingerprint density at radius 3 is 2.57 bits per heavy atom. The minimum atomic E-state index is -0.908. The second kappa shape index (κ2) is 7.85. The van der Waals surface area contributed by atoms with Crippen molar-refractivity contribution in [3.8, 4) is 11.5 Å². The number of pyridine rings is 2. The predicted octanol–water partition coefficient (Wildman–Crippen LogP) is 1.41. The van der Waals surface area contributed by atoms with E-state index in [0.29, 0.717) is 22.8 Å². The fraction of sp³-hybridized carbons (Fsp3) is 0.250. The highest BCUT2D eigenvalue weighted by Gasteiger charge is 2.21. The first-order chi connectivity index (χ1) is 14.3. The van der Waals surface area contributed by atoms with Gasteiger partial charge in [-0.3, -0.25) is 14.5 Å². The first-order valence-electron chi connectivity index (χ1n) is 9.34. The number of aromatic hydroxyl groups is 2. The number of fused-ring (bicyclic) bond motifs is 1. The molecular weight excluding hydrogens is 410 g/mol. The van der Waals surface area contributed by atoms with Crippen LogP contribution in [0.3, 0.4) is 0 Å². The van der Waals surface area contributed by atoms with Crippen LogP contribution in [-0.4, -0.2) is 57.2 Å². The first kappa shape index (κ1) is 20.0. The van der Waals surface area contributed by atoms with E-state index in [9.17, 15) is 19.8 Å². The van der Waals surface area contributed by atoms with E-state index < -0.39 is 17.2 Å². The van der Waals surface area contributed by atoms with E-state index in [1.54, 1.807) is 24.3 Å². The zero-order valence-electron chi connectivity index (χ0n) is 15.9. The third-order valence-electron chi connectivity index (χ3n) is 5.19. The quantitative estimate of drug-likeness (QED) is 0.492. The maximum Gasteiger partial charge on any atom is 0.291 e. The fourth-order valence-corrected chi connectivity index (χ4v) is 3.78. The van der Waals surface area contributed by atoms with Crippen LogP contribution in [0, 0.1) is 0 Å². The molecule has 0 unspecified atom stereocenters. The molecule has 3 heterocycles. The number of carbonyl (C=O) groups excluding carboxylic acids is 1. The summed E-state index contributed by atoms with van der Waals surface area (Å²) in [4.78, 5) is 34.9. The lowest BCUT2D eigenvalue weighted by molar-refractivity contribution is 0.0999. The number of nitrogens with two attached hydrogens (primary N) is 1. The van der Waals surface area contributed by atoms with Gasteiger partial charge in [0.2, 0.25) is 0 Å². The highest BCUT2D eigenvalue weighted by molar-refractivity contribution is 6.32. The van der Waals surface area contributed by atoms with Crippen molar-refractivity contribution in [3.63, 3.8) is 0 Å². The number of nitrogens with zero attached hydrogens (tertiary/aromatic N) is 3. The number of hydrogen-bond acceptors (Lipinski definition) is 7. The monoisotopic (exact) mass is 429 g/mol. The molecule has 0 aliphatic carbocycles. The molecule has 0 spiro atoms. The van der Waals surface area contributed by atoms with Crippen molar-refractivity contribution in [3.05, 3.63) is 57.0 Å². The number of nitrogens with one attached hydrogen (secondary N) is 1. The van der Waals surface area contributed by atoms with Crippen molar-refractivity contribution in [2.24, 2.45) is 5.73 Å². The van der Waals surface area contributed by atoms with Crippen LogP contribution in [0.25, 0.3) is 11.0 Å². The highest BCUT2D eigenvalue weighted by atomic mass is 35.5. The van der Waals surface area contributed by atoms with Gasteiger partial charge in [0.1, 0.15) is 16.8 Å². The molecule has 1 fully saturated rings. The fourth-order valence-electron chi connectivity index (χ4n) is 3.61. The van der Waals surface area contributed by atoms with Gasteiger partial charge in [0.15, 0.2) is 5.75 Å². The van der Waals surface area contributed by atoms with Crippen molar-refractivity contribution in [2.45, 2.75) is 6.54 Å². The summed E-state index contributed by atoms with van der Waals surface area (Å²) in [5, 5.41) is 19.8. The van der Waals surface area contributed by atoms with Gasteiger partial charge in [0.25, 0.3) is 11.5 Å². The molecule has 30 heavy (non-hydrogen) atoms. The van der Waals surface area contributed by atoms with Crippen molar-refractivity contribution in [2.75, 3.05) is 31.1 Å². The molecule has 0 radical (unpaired) electrons. The van der Waals surface area contributed by atoms with Crippen molar-refractivity contribution < 1.29 is 15.0 Å². The van der Waals surface area contributed by atoms with Gasteiger partial charge in [-0.15, -0.1) is 0 Å². The zero-order valence-corrected chi connectivity index (χ0v) is 16.7. The molecule has 0 bridgehead atoms. The molecule has 156 valence electrons. The first-order valence-corrected chi connectivity index (χ1v) is 9.72. The van der Waals surface area contributed by atoms with Crippen LogP contribution in [0.5, 0.6) is 11.5 Å². The van der Waals surface area contributed by atoms with Crippen LogP contribution < -0.4 is 16.2 Å². The SMILES string of the molecule is NC(=O)c1c(O)c(=O)[nH]c2ccc(CN3CCN(c4ccc(O)c(Cl)c4)CC3)nc12. The second-order valence-corrected chi connectivity index (χ2v) is 7.55. The third-order valence-corrected chi connectivity index (χ3v) is 5.49. The van der Waals surface area contributed by atoms with E-state index >= 15 is 0 Å². The predicted molar refractivity (Wildman–Crippen MR) is 113 cm³/mol. The minimum Gasteiger partial charge on any atom is -0.506 e. The van der Waals surface area contributed by atoms with E-state index in [2.05, 4.69) is 19.8 Å². The number of amides is 1. The second-order valence-electron chi connectivity index (χ2n) is 7.14. The summed E-state index contributed by atoms with van der Waals surface area (Å²) in [6.45, 7) is 3.64. The summed E-state index contributed by atoms with van der Waals surface area (Å²) in [5.74, 6) is -1.57. The average Bonchev–Trinajstić information content (AvgIpc) is 2.71. The summed E-state index contributed by atoms with van der Waals surface area (Å²) in [6.07, 6.45) is 0.